The van der Waals surface area contributed by atoms with Crippen LogP contribution in [-0.4, -0.2) is 65.9 Å². The largest absolute Gasteiger partial charge is 0.444 e. The lowest BCUT2D eigenvalue weighted by Gasteiger charge is -2.24. The first-order valence-corrected chi connectivity index (χ1v) is 21.9. The maximum absolute atomic E-state index is 5.91. The highest BCUT2D eigenvalue weighted by molar-refractivity contribution is 6.69. The second-order valence-electron chi connectivity index (χ2n) is 4.34. The molecule has 0 fully saturated rings. The summed E-state index contributed by atoms with van der Waals surface area (Å²) in [7, 11) is -9.16. The van der Waals surface area contributed by atoms with E-state index in [0.717, 1.165) is 0 Å². The van der Waals surface area contributed by atoms with Crippen molar-refractivity contribution in [1.82, 2.24) is 0 Å². The third-order valence-corrected chi connectivity index (χ3v) is 18.8. The van der Waals surface area contributed by atoms with Crippen LogP contribution in [0.4, 0.5) is 0 Å². The van der Waals surface area contributed by atoms with Gasteiger partial charge >= 0.3 is 9.28 Å². The van der Waals surface area contributed by atoms with E-state index in [1.165, 1.54) is 0 Å². The molecule has 0 amide bonds. The van der Waals surface area contributed by atoms with E-state index >= 15 is 0 Å². The zero-order valence-corrected chi connectivity index (χ0v) is 22.8. The molecule has 14 heteroatoms. The van der Waals surface area contributed by atoms with E-state index < -0.39 is 56.2 Å². The molecule has 0 aliphatic rings. The average molecular weight is 423 g/mol. The van der Waals surface area contributed by atoms with Crippen LogP contribution in [0.1, 0.15) is 0 Å². The van der Waals surface area contributed by atoms with Gasteiger partial charge in [-0.3, -0.25) is 4.58 Å². The lowest BCUT2D eigenvalue weighted by Crippen LogP contribution is -2.39. The van der Waals surface area contributed by atoms with Crippen LogP contribution in [0.5, 0.6) is 0 Å². The molecule has 0 rings (SSSR count). The van der Waals surface area contributed by atoms with Gasteiger partial charge in [0.15, 0.2) is 0 Å². The van der Waals surface area contributed by atoms with Gasteiger partial charge in [-0.15, -0.1) is 0 Å². The van der Waals surface area contributed by atoms with E-state index in [4.69, 9.17) is 29.7 Å². The zero-order chi connectivity index (χ0) is 16.3. The summed E-state index contributed by atoms with van der Waals surface area (Å²) in [6, 6.07) is 0. The molecule has 21 heavy (non-hydrogen) atoms. The Balaban J connectivity index is 3.87. The Kier molecular flexibility index (Phi) is 14.5. The van der Waals surface area contributed by atoms with Gasteiger partial charge in [-0.2, -0.15) is 0 Å². The molecule has 0 saturated carbocycles. The van der Waals surface area contributed by atoms with Crippen LogP contribution in [0.15, 0.2) is 0 Å². The van der Waals surface area contributed by atoms with Crippen molar-refractivity contribution in [2.45, 2.75) is 45.8 Å². The van der Waals surface area contributed by atoms with Gasteiger partial charge in [-0.1, -0.05) is 6.55 Å². The first kappa shape index (κ1) is 22.2. The molecule has 0 aliphatic heterocycles. The summed E-state index contributed by atoms with van der Waals surface area (Å²) in [4.78, 5) is 0. The van der Waals surface area contributed by atoms with Crippen molar-refractivity contribution in [3.63, 3.8) is 0 Å². The minimum Gasteiger partial charge on any atom is -0.444 e. The van der Waals surface area contributed by atoms with Crippen LogP contribution in [0.2, 0.25) is 45.8 Å². The molecule has 0 aliphatic carbocycles. The third-order valence-electron chi connectivity index (χ3n) is 2.26. The van der Waals surface area contributed by atoms with Gasteiger partial charge in [0.05, 0.1) is 0 Å². The van der Waals surface area contributed by atoms with E-state index in [0.29, 0.717) is 0 Å². The highest BCUT2D eigenvalue weighted by Gasteiger charge is 2.21. The monoisotopic (exact) mass is 422 g/mol. The molecule has 0 saturated heterocycles. The Bertz CT molecular complexity index is 253. The molecule has 128 valence electrons. The molecule has 0 aromatic carbocycles. The molecular formula is C7H30O7Si7. The number of hydrogen-bond donors (Lipinski definition) is 0. The normalized spacial score (nSPS) is 20.1. The lowest BCUT2D eigenvalue weighted by atomic mass is 11.9. The van der Waals surface area contributed by atoms with Crippen LogP contribution in [0, 0.1) is 0 Å². The second-order valence-corrected chi connectivity index (χ2v) is 17.3. The quantitative estimate of drug-likeness (QED) is 0.204. The molecule has 0 radical (unpaired) electrons. The molecule has 0 heterocycles. The summed E-state index contributed by atoms with van der Waals surface area (Å²) in [6.45, 7) is 14.2. The molecule has 7 nitrogen and oxygen atoms in total. The minimum atomic E-state index is -1.72. The van der Waals surface area contributed by atoms with Gasteiger partial charge in [-0.05, 0) is 39.3 Å². The smallest absolute Gasteiger partial charge is 0.346 e. The first-order valence-electron chi connectivity index (χ1n) is 7.40. The summed E-state index contributed by atoms with van der Waals surface area (Å²) in [5.74, 6) is 0. The standard InChI is InChI=1S/C7H30O7Si7/c1-15-8-9-17(3)11-19(5)13-21(7)14-20(6)12-18(4)10-16-2/h17-21H,15-16H2,1-7H3. The maximum Gasteiger partial charge on any atom is 0.346 e. The van der Waals surface area contributed by atoms with Crippen LogP contribution in [-0.2, 0) is 29.7 Å². The molecule has 0 aromatic heterocycles. The minimum absolute atomic E-state index is 0.390. The van der Waals surface area contributed by atoms with Crippen LogP contribution in [0.25, 0.3) is 0 Å². The molecule has 0 spiro atoms. The predicted octanol–water partition coefficient (Wildman–Crippen LogP) is -1.47. The van der Waals surface area contributed by atoms with E-state index in [1.807, 2.05) is 32.7 Å². The molecule has 0 bridgehead atoms. The van der Waals surface area contributed by atoms with Crippen molar-refractivity contribution in [2.75, 3.05) is 0 Å². The van der Waals surface area contributed by atoms with Crippen LogP contribution in [0.3, 0.4) is 0 Å². The zero-order valence-electron chi connectivity index (χ0n) is 14.2. The maximum atomic E-state index is 5.91. The summed E-state index contributed by atoms with van der Waals surface area (Å²) in [5.41, 5.74) is 0. The van der Waals surface area contributed by atoms with Crippen molar-refractivity contribution in [1.29, 1.82) is 0 Å². The molecular weight excluding hydrogens is 393 g/mol. The van der Waals surface area contributed by atoms with Crippen LogP contribution < -0.4 is 0 Å². The Morgan fingerprint density at radius 2 is 1.00 bits per heavy atom. The van der Waals surface area contributed by atoms with E-state index in [-0.39, 0.29) is 9.76 Å². The highest BCUT2D eigenvalue weighted by Crippen LogP contribution is 2.02. The van der Waals surface area contributed by atoms with Crippen molar-refractivity contribution in [2.24, 2.45) is 0 Å². The van der Waals surface area contributed by atoms with E-state index in [2.05, 4.69) is 13.1 Å². The van der Waals surface area contributed by atoms with Crippen LogP contribution >= 0.6 is 0 Å². The van der Waals surface area contributed by atoms with Crippen molar-refractivity contribution < 1.29 is 29.7 Å². The Labute approximate surface area is 141 Å². The Morgan fingerprint density at radius 1 is 0.571 bits per heavy atom. The molecule has 5 unspecified atom stereocenters. The van der Waals surface area contributed by atoms with Gasteiger partial charge in [0.1, 0.15) is 9.76 Å². The van der Waals surface area contributed by atoms with Gasteiger partial charge in [0.25, 0.3) is 37.1 Å². The third kappa shape index (κ3) is 13.4. The fourth-order valence-corrected chi connectivity index (χ4v) is 17.2. The Morgan fingerprint density at radius 3 is 1.43 bits per heavy atom. The Hall–Kier alpha value is 1.24. The predicted molar refractivity (Wildman–Crippen MR) is 101 cm³/mol. The lowest BCUT2D eigenvalue weighted by molar-refractivity contribution is -0.117. The van der Waals surface area contributed by atoms with Crippen molar-refractivity contribution >= 4 is 65.9 Å². The molecule has 0 aromatic rings. The molecule has 5 atom stereocenters. The summed E-state index contributed by atoms with van der Waals surface area (Å²) < 4.78 is 39.3. The topological polar surface area (TPSA) is 64.6 Å². The van der Waals surface area contributed by atoms with Gasteiger partial charge in [-0.25, -0.2) is 0 Å². The number of rotatable bonds is 13. The fourth-order valence-electron chi connectivity index (χ4n) is 1.64. The van der Waals surface area contributed by atoms with Crippen molar-refractivity contribution in [3.8, 4) is 0 Å². The summed E-state index contributed by atoms with van der Waals surface area (Å²) >= 11 is 0. The van der Waals surface area contributed by atoms with E-state index in [9.17, 15) is 0 Å². The van der Waals surface area contributed by atoms with E-state index in [1.54, 1.807) is 0 Å². The van der Waals surface area contributed by atoms with Gasteiger partial charge < -0.3 is 25.2 Å². The number of hydrogen-bond acceptors (Lipinski definition) is 7. The average Bonchev–Trinajstić information content (AvgIpc) is 2.35. The molecule has 0 N–H and O–H groups in total. The summed E-state index contributed by atoms with van der Waals surface area (Å²) in [5, 5.41) is 0. The van der Waals surface area contributed by atoms with Crippen molar-refractivity contribution in [3.05, 3.63) is 0 Å². The highest BCUT2D eigenvalue weighted by atomic mass is 28.5. The summed E-state index contributed by atoms with van der Waals surface area (Å²) in [6.07, 6.45) is 0. The SMILES string of the molecule is C[SiH2]OO[SiH](C)O[SiH](C)O[SiH](C)O[SiH](C)O[SiH](C)O[SiH2]C. The fraction of sp³-hybridized carbons (Fsp3) is 1.00. The second kappa shape index (κ2) is 13.7. The van der Waals surface area contributed by atoms with Gasteiger partial charge in [0, 0.05) is 0 Å². The first-order chi connectivity index (χ1) is 9.88. The van der Waals surface area contributed by atoms with Gasteiger partial charge in [0.2, 0.25) is 9.76 Å².